The molecular formula is C10H18N2O3. The van der Waals surface area contributed by atoms with Crippen LogP contribution in [-0.2, 0) is 9.53 Å². The molecule has 0 radical (unpaired) electrons. The molecule has 86 valence electrons. The van der Waals surface area contributed by atoms with Gasteiger partial charge in [0.25, 0.3) is 0 Å². The van der Waals surface area contributed by atoms with Gasteiger partial charge in [0.05, 0.1) is 12.5 Å². The van der Waals surface area contributed by atoms with Crippen molar-refractivity contribution >= 4 is 12.0 Å². The number of ether oxygens (including phenoxy) is 1. The first-order chi connectivity index (χ1) is 7.19. The molecule has 0 unspecified atom stereocenters. The van der Waals surface area contributed by atoms with Gasteiger partial charge < -0.3 is 15.0 Å². The molecule has 1 rings (SSSR count). The van der Waals surface area contributed by atoms with Crippen LogP contribution >= 0.6 is 0 Å². The molecule has 0 saturated carbocycles. The van der Waals surface area contributed by atoms with E-state index in [1.807, 2.05) is 0 Å². The van der Waals surface area contributed by atoms with E-state index in [9.17, 15) is 9.59 Å². The van der Waals surface area contributed by atoms with E-state index in [1.165, 1.54) is 0 Å². The topological polar surface area (TPSA) is 58.6 Å². The van der Waals surface area contributed by atoms with Crippen molar-refractivity contribution in [3.05, 3.63) is 0 Å². The summed E-state index contributed by atoms with van der Waals surface area (Å²) in [5.74, 6) is -0.345. The summed E-state index contributed by atoms with van der Waals surface area (Å²) in [4.78, 5) is 24.5. The Morgan fingerprint density at radius 1 is 1.53 bits per heavy atom. The van der Waals surface area contributed by atoms with E-state index in [-0.39, 0.29) is 17.9 Å². The molecule has 1 atom stereocenters. The van der Waals surface area contributed by atoms with Gasteiger partial charge in [0, 0.05) is 20.1 Å². The number of carbonyl (C=O) groups excluding carboxylic acids is 2. The van der Waals surface area contributed by atoms with Crippen LogP contribution in [0, 0.1) is 5.92 Å². The van der Waals surface area contributed by atoms with E-state index in [2.05, 4.69) is 5.32 Å². The third-order valence-electron chi connectivity index (χ3n) is 2.54. The molecule has 1 aliphatic heterocycles. The predicted molar refractivity (Wildman–Crippen MR) is 55.4 cm³/mol. The van der Waals surface area contributed by atoms with Crippen molar-refractivity contribution in [1.82, 2.24) is 10.2 Å². The van der Waals surface area contributed by atoms with E-state index in [0.29, 0.717) is 13.2 Å². The van der Waals surface area contributed by atoms with E-state index in [0.717, 1.165) is 19.4 Å². The van der Waals surface area contributed by atoms with Crippen molar-refractivity contribution in [1.29, 1.82) is 0 Å². The summed E-state index contributed by atoms with van der Waals surface area (Å²) in [5.41, 5.74) is 0. The average Bonchev–Trinajstić information content (AvgIpc) is 2.28. The number of likely N-dealkylation sites (tertiary alicyclic amines) is 1. The van der Waals surface area contributed by atoms with Gasteiger partial charge in [-0.2, -0.15) is 0 Å². The molecule has 1 heterocycles. The van der Waals surface area contributed by atoms with Crippen LogP contribution in [0.3, 0.4) is 0 Å². The highest BCUT2D eigenvalue weighted by atomic mass is 16.5. The number of rotatable bonds is 2. The van der Waals surface area contributed by atoms with Crippen LogP contribution < -0.4 is 5.32 Å². The van der Waals surface area contributed by atoms with Crippen LogP contribution in [0.15, 0.2) is 0 Å². The van der Waals surface area contributed by atoms with Gasteiger partial charge in [0.15, 0.2) is 0 Å². The van der Waals surface area contributed by atoms with Crippen molar-refractivity contribution in [3.8, 4) is 0 Å². The minimum atomic E-state index is -0.189. The minimum absolute atomic E-state index is 0.121. The van der Waals surface area contributed by atoms with Gasteiger partial charge >= 0.3 is 12.0 Å². The SMILES string of the molecule is CCOC(=O)[C@@H]1CCCN(C(=O)NC)C1. The van der Waals surface area contributed by atoms with Gasteiger partial charge in [-0.15, -0.1) is 0 Å². The maximum atomic E-state index is 11.5. The van der Waals surface area contributed by atoms with Crippen molar-refractivity contribution < 1.29 is 14.3 Å². The number of piperidine rings is 1. The Morgan fingerprint density at radius 3 is 2.87 bits per heavy atom. The third-order valence-corrected chi connectivity index (χ3v) is 2.54. The second-order valence-corrected chi connectivity index (χ2v) is 3.59. The maximum Gasteiger partial charge on any atom is 0.317 e. The number of nitrogens with zero attached hydrogens (tertiary/aromatic N) is 1. The fraction of sp³-hybridized carbons (Fsp3) is 0.800. The summed E-state index contributed by atoms with van der Waals surface area (Å²) >= 11 is 0. The van der Waals surface area contributed by atoms with Gasteiger partial charge in [0.2, 0.25) is 0 Å². The Balaban J connectivity index is 2.48. The Morgan fingerprint density at radius 2 is 2.27 bits per heavy atom. The Labute approximate surface area is 89.8 Å². The maximum absolute atomic E-state index is 11.5. The molecule has 5 heteroatoms. The molecule has 1 N–H and O–H groups in total. The zero-order valence-corrected chi connectivity index (χ0v) is 9.28. The van der Waals surface area contributed by atoms with Gasteiger partial charge in [-0.1, -0.05) is 0 Å². The number of amides is 2. The number of nitrogens with one attached hydrogen (secondary N) is 1. The fourth-order valence-electron chi connectivity index (χ4n) is 1.77. The first kappa shape index (κ1) is 11.8. The zero-order valence-electron chi connectivity index (χ0n) is 9.28. The number of hydrogen-bond donors (Lipinski definition) is 1. The monoisotopic (exact) mass is 214 g/mol. The van der Waals surface area contributed by atoms with Crippen molar-refractivity contribution in [3.63, 3.8) is 0 Å². The van der Waals surface area contributed by atoms with Crippen LogP contribution in [-0.4, -0.2) is 43.6 Å². The molecule has 0 aromatic carbocycles. The quantitative estimate of drug-likeness (QED) is 0.685. The lowest BCUT2D eigenvalue weighted by atomic mass is 9.98. The van der Waals surface area contributed by atoms with Gasteiger partial charge in [0.1, 0.15) is 0 Å². The van der Waals surface area contributed by atoms with Gasteiger partial charge in [-0.3, -0.25) is 4.79 Å². The second kappa shape index (κ2) is 5.58. The van der Waals surface area contributed by atoms with Crippen LogP contribution in [0.4, 0.5) is 4.79 Å². The summed E-state index contributed by atoms with van der Waals surface area (Å²) in [6.45, 7) is 3.38. The molecule has 15 heavy (non-hydrogen) atoms. The van der Waals surface area contributed by atoms with Crippen LogP contribution in [0.2, 0.25) is 0 Å². The van der Waals surface area contributed by atoms with E-state index < -0.39 is 0 Å². The lowest BCUT2D eigenvalue weighted by Crippen LogP contribution is -2.46. The van der Waals surface area contributed by atoms with E-state index in [1.54, 1.807) is 18.9 Å². The van der Waals surface area contributed by atoms with Crippen LogP contribution in [0.5, 0.6) is 0 Å². The molecule has 2 amide bonds. The summed E-state index contributed by atoms with van der Waals surface area (Å²) in [7, 11) is 1.59. The zero-order chi connectivity index (χ0) is 11.3. The lowest BCUT2D eigenvalue weighted by molar-refractivity contribution is -0.149. The van der Waals surface area contributed by atoms with E-state index in [4.69, 9.17) is 4.74 Å². The standard InChI is InChI=1S/C10H18N2O3/c1-3-15-9(13)8-5-4-6-12(7-8)10(14)11-2/h8H,3-7H2,1-2H3,(H,11,14)/t8-/m1/s1. The smallest absolute Gasteiger partial charge is 0.317 e. The molecular weight excluding hydrogens is 196 g/mol. The highest BCUT2D eigenvalue weighted by molar-refractivity contribution is 5.77. The second-order valence-electron chi connectivity index (χ2n) is 3.59. The Hall–Kier alpha value is -1.26. The Bertz CT molecular complexity index is 243. The number of esters is 1. The summed E-state index contributed by atoms with van der Waals surface area (Å²) in [6.07, 6.45) is 1.67. The molecule has 0 bridgehead atoms. The first-order valence-corrected chi connectivity index (χ1v) is 5.32. The molecule has 0 aliphatic carbocycles. The third kappa shape index (κ3) is 3.11. The Kier molecular flexibility index (Phi) is 4.39. The van der Waals surface area contributed by atoms with Gasteiger partial charge in [-0.25, -0.2) is 4.79 Å². The lowest BCUT2D eigenvalue weighted by Gasteiger charge is -2.31. The summed E-state index contributed by atoms with van der Waals surface area (Å²) < 4.78 is 4.95. The summed E-state index contributed by atoms with van der Waals surface area (Å²) in [6, 6.07) is -0.121. The predicted octanol–water partition coefficient (Wildman–Crippen LogP) is 0.601. The molecule has 0 aromatic rings. The molecule has 1 aliphatic rings. The minimum Gasteiger partial charge on any atom is -0.466 e. The van der Waals surface area contributed by atoms with Crippen LogP contribution in [0.1, 0.15) is 19.8 Å². The molecule has 0 spiro atoms. The summed E-state index contributed by atoms with van der Waals surface area (Å²) in [5, 5.41) is 2.56. The fourth-order valence-corrected chi connectivity index (χ4v) is 1.77. The number of hydrogen-bond acceptors (Lipinski definition) is 3. The number of urea groups is 1. The van der Waals surface area contributed by atoms with E-state index >= 15 is 0 Å². The molecule has 0 aromatic heterocycles. The number of carbonyl (C=O) groups is 2. The molecule has 1 saturated heterocycles. The molecule has 1 fully saturated rings. The van der Waals surface area contributed by atoms with Crippen molar-refractivity contribution in [2.24, 2.45) is 5.92 Å². The van der Waals surface area contributed by atoms with Crippen molar-refractivity contribution in [2.45, 2.75) is 19.8 Å². The highest BCUT2D eigenvalue weighted by Gasteiger charge is 2.28. The van der Waals surface area contributed by atoms with Crippen LogP contribution in [0.25, 0.3) is 0 Å². The highest BCUT2D eigenvalue weighted by Crippen LogP contribution is 2.17. The average molecular weight is 214 g/mol. The largest absolute Gasteiger partial charge is 0.466 e. The van der Waals surface area contributed by atoms with Gasteiger partial charge in [-0.05, 0) is 19.8 Å². The normalized spacial score (nSPS) is 20.9. The first-order valence-electron chi connectivity index (χ1n) is 5.32. The molecule has 5 nitrogen and oxygen atoms in total. The van der Waals surface area contributed by atoms with Crippen molar-refractivity contribution in [2.75, 3.05) is 26.7 Å².